The average molecular weight is 900 g/mol. The fourth-order valence-electron chi connectivity index (χ4n) is 8.65. The summed E-state index contributed by atoms with van der Waals surface area (Å²) in [6.45, 7) is 2.18. The van der Waals surface area contributed by atoms with Crippen molar-refractivity contribution in [3.63, 3.8) is 0 Å². The minimum absolute atomic E-state index is 0.00820. The molecular weight excluding hydrogens is 847 g/mol. The molecule has 65 heavy (non-hydrogen) atoms. The molecule has 8 rings (SSSR count). The minimum atomic E-state index is -3.86. The highest BCUT2D eigenvalue weighted by Crippen LogP contribution is 2.37. The van der Waals surface area contributed by atoms with Gasteiger partial charge in [0, 0.05) is 84.3 Å². The van der Waals surface area contributed by atoms with Crippen LogP contribution in [0.25, 0.3) is 44.1 Å². The number of H-pyrrole nitrogens is 1. The number of carbonyl (C=O) groups excluding carboxylic acids is 2. The Morgan fingerprint density at radius 3 is 2.38 bits per heavy atom. The van der Waals surface area contributed by atoms with Crippen LogP contribution in [0.2, 0.25) is 0 Å². The molecule has 2 aromatic heterocycles. The quantitative estimate of drug-likeness (QED) is 0.0549. The van der Waals surface area contributed by atoms with Gasteiger partial charge < -0.3 is 39.7 Å². The van der Waals surface area contributed by atoms with Crippen molar-refractivity contribution >= 4 is 66.2 Å². The number of aliphatic carboxylic acids is 1. The molecule has 0 bridgehead atoms. The smallest absolute Gasteiger partial charge is 0.326 e. The minimum Gasteiger partial charge on any atom is -0.494 e. The molecule has 338 valence electrons. The van der Waals surface area contributed by atoms with Gasteiger partial charge in [0.15, 0.2) is 6.61 Å². The van der Waals surface area contributed by atoms with E-state index in [9.17, 15) is 27.9 Å². The van der Waals surface area contributed by atoms with Crippen LogP contribution in [0.15, 0.2) is 108 Å². The molecular formula is C49H53N7O8S. The number of imidazole rings is 1. The lowest BCUT2D eigenvalue weighted by molar-refractivity contribution is -0.139. The Morgan fingerprint density at radius 1 is 0.877 bits per heavy atom. The average Bonchev–Trinajstić information content (AvgIpc) is 3.90. The largest absolute Gasteiger partial charge is 0.494 e. The monoisotopic (exact) mass is 899 g/mol. The fourth-order valence-corrected chi connectivity index (χ4v) is 9.90. The van der Waals surface area contributed by atoms with Crippen molar-refractivity contribution in [2.75, 3.05) is 45.3 Å². The first kappa shape index (κ1) is 44.7. The van der Waals surface area contributed by atoms with Crippen molar-refractivity contribution in [2.45, 2.75) is 62.4 Å². The van der Waals surface area contributed by atoms with Crippen molar-refractivity contribution in [3.05, 3.63) is 114 Å². The molecule has 7 aromatic rings. The van der Waals surface area contributed by atoms with E-state index in [1.54, 1.807) is 48.7 Å². The molecule has 1 atom stereocenters. The second-order valence-corrected chi connectivity index (χ2v) is 18.1. The van der Waals surface area contributed by atoms with E-state index in [0.29, 0.717) is 34.6 Å². The normalized spacial score (nSPS) is 13.8. The van der Waals surface area contributed by atoms with Crippen molar-refractivity contribution < 1.29 is 37.4 Å². The Bertz CT molecular complexity index is 2970. The summed E-state index contributed by atoms with van der Waals surface area (Å²) in [5.41, 5.74) is 5.10. The number of ether oxygens (including phenoxy) is 2. The number of hydrogen-bond acceptors (Lipinski definition) is 9. The zero-order chi connectivity index (χ0) is 45.7. The maximum absolute atomic E-state index is 13.7. The van der Waals surface area contributed by atoms with Gasteiger partial charge in [0.05, 0.1) is 22.5 Å². The van der Waals surface area contributed by atoms with Crippen molar-refractivity contribution in [2.24, 2.45) is 0 Å². The van der Waals surface area contributed by atoms with Crippen LogP contribution in [0, 0.1) is 0 Å². The molecule has 2 heterocycles. The predicted octanol–water partition coefficient (Wildman–Crippen LogP) is 7.21. The standard InChI is InChI=1S/C49H53N7O8S/c1-4-63-36-21-22-40-39(28-36)33(29-51-40)27-42(49(59)60)54-48(58)32-18-23-44-41(26-32)53-47(56(44)34-10-6-5-7-11-34)31-16-19-35(20-17-31)64-30-46(57)50-24-25-52-65(61,62)45-15-9-12-37-38(45)13-8-14-43(37)55(2)3/h8-9,12-23,26,28-29,34,42,51-52H,4-7,10-11,24-25,27,30H2,1-3H3,(H,50,57)(H,54,58)(H,59,60)/t42-/m0/s1. The highest BCUT2D eigenvalue weighted by molar-refractivity contribution is 7.89. The lowest BCUT2D eigenvalue weighted by atomic mass is 9.94. The van der Waals surface area contributed by atoms with Crippen molar-refractivity contribution in [1.82, 2.24) is 29.9 Å². The van der Waals surface area contributed by atoms with E-state index >= 15 is 0 Å². The first-order chi connectivity index (χ1) is 31.4. The maximum Gasteiger partial charge on any atom is 0.326 e. The van der Waals surface area contributed by atoms with Gasteiger partial charge in [0.1, 0.15) is 23.4 Å². The van der Waals surface area contributed by atoms with Gasteiger partial charge in [-0.3, -0.25) is 9.59 Å². The SMILES string of the molecule is CCOc1ccc2[nH]cc(C[C@H](NC(=O)c3ccc4c(c3)nc(-c3ccc(OCC(=O)NCCNS(=O)(=O)c5cccc6c(N(C)C)cccc56)cc3)n4C3CCCCC3)C(=O)O)c2c1. The van der Waals surface area contributed by atoms with Gasteiger partial charge in [0.25, 0.3) is 11.8 Å². The van der Waals surface area contributed by atoms with Crippen LogP contribution in [-0.4, -0.2) is 92.3 Å². The van der Waals surface area contributed by atoms with E-state index in [1.165, 1.54) is 0 Å². The molecule has 5 N–H and O–H groups in total. The molecule has 0 saturated heterocycles. The zero-order valence-electron chi connectivity index (χ0n) is 36.6. The summed E-state index contributed by atoms with van der Waals surface area (Å²) in [5, 5.41) is 17.9. The zero-order valence-corrected chi connectivity index (χ0v) is 37.4. The molecule has 1 fully saturated rings. The van der Waals surface area contributed by atoms with Crippen LogP contribution in [0.1, 0.15) is 61.0 Å². The Balaban J connectivity index is 0.910. The van der Waals surface area contributed by atoms with Gasteiger partial charge in [-0.1, -0.05) is 43.5 Å². The van der Waals surface area contributed by atoms with E-state index in [0.717, 1.165) is 76.5 Å². The number of carbonyl (C=O) groups is 3. The number of aromatic nitrogens is 3. The van der Waals surface area contributed by atoms with Crippen LogP contribution in [0.5, 0.6) is 11.5 Å². The Hall–Kier alpha value is -6.91. The number of benzene rings is 5. The second-order valence-electron chi connectivity index (χ2n) is 16.4. The number of aromatic amines is 1. The first-order valence-electron chi connectivity index (χ1n) is 21.9. The number of nitrogens with one attached hydrogen (secondary N) is 4. The van der Waals surface area contributed by atoms with Gasteiger partial charge in [0.2, 0.25) is 10.0 Å². The van der Waals surface area contributed by atoms with Gasteiger partial charge in [-0.15, -0.1) is 0 Å². The van der Waals surface area contributed by atoms with E-state index in [2.05, 4.69) is 24.9 Å². The van der Waals surface area contributed by atoms with E-state index in [-0.39, 0.29) is 37.1 Å². The number of carboxylic acids is 1. The Morgan fingerprint density at radius 2 is 1.63 bits per heavy atom. The number of rotatable bonds is 18. The third-order valence-electron chi connectivity index (χ3n) is 11.8. The summed E-state index contributed by atoms with van der Waals surface area (Å²) in [4.78, 5) is 49.2. The maximum atomic E-state index is 13.7. The number of fused-ring (bicyclic) bond motifs is 3. The summed E-state index contributed by atoms with van der Waals surface area (Å²) in [5.74, 6) is -0.201. The Labute approximate surface area is 377 Å². The van der Waals surface area contributed by atoms with Crippen LogP contribution >= 0.6 is 0 Å². The molecule has 5 aromatic carbocycles. The van der Waals surface area contributed by atoms with Crippen molar-refractivity contribution in [3.8, 4) is 22.9 Å². The van der Waals surface area contributed by atoms with Gasteiger partial charge in [-0.2, -0.15) is 0 Å². The van der Waals surface area contributed by atoms with E-state index < -0.39 is 33.8 Å². The molecule has 0 aliphatic heterocycles. The fraction of sp³-hybridized carbons (Fsp3) is 0.306. The molecule has 0 radical (unpaired) electrons. The molecule has 16 heteroatoms. The highest BCUT2D eigenvalue weighted by atomic mass is 32.2. The lowest BCUT2D eigenvalue weighted by Gasteiger charge is -2.25. The third-order valence-corrected chi connectivity index (χ3v) is 13.3. The lowest BCUT2D eigenvalue weighted by Crippen LogP contribution is -2.42. The topological polar surface area (TPSA) is 197 Å². The summed E-state index contributed by atoms with van der Waals surface area (Å²) in [7, 11) is -0.0470. The predicted molar refractivity (Wildman–Crippen MR) is 251 cm³/mol. The number of sulfonamides is 1. The number of nitrogens with zero attached hydrogens (tertiary/aromatic N) is 3. The number of amides is 2. The summed E-state index contributed by atoms with van der Waals surface area (Å²) < 4.78 is 42.8. The molecule has 2 amide bonds. The summed E-state index contributed by atoms with van der Waals surface area (Å²) >= 11 is 0. The number of carboxylic acid groups (broad SMARTS) is 1. The second kappa shape index (κ2) is 19.5. The van der Waals surface area contributed by atoms with Crippen LogP contribution < -0.4 is 29.7 Å². The van der Waals surface area contributed by atoms with Gasteiger partial charge in [-0.25, -0.2) is 22.9 Å². The molecule has 0 spiro atoms. The molecule has 1 saturated carbocycles. The highest BCUT2D eigenvalue weighted by Gasteiger charge is 2.26. The van der Waals surface area contributed by atoms with Crippen LogP contribution in [0.3, 0.4) is 0 Å². The van der Waals surface area contributed by atoms with Crippen LogP contribution in [0.4, 0.5) is 5.69 Å². The third kappa shape index (κ3) is 9.93. The summed E-state index contributed by atoms with van der Waals surface area (Å²) in [6.07, 6.45) is 7.15. The van der Waals surface area contributed by atoms with Gasteiger partial charge >= 0.3 is 5.97 Å². The molecule has 0 unspecified atom stereocenters. The van der Waals surface area contributed by atoms with Crippen LogP contribution in [-0.2, 0) is 26.0 Å². The molecule has 15 nitrogen and oxygen atoms in total. The Kier molecular flexibility index (Phi) is 13.4. The van der Waals surface area contributed by atoms with Crippen molar-refractivity contribution in [1.29, 1.82) is 0 Å². The summed E-state index contributed by atoms with van der Waals surface area (Å²) in [6, 6.07) is 27.9. The first-order valence-corrected chi connectivity index (χ1v) is 23.4. The van der Waals surface area contributed by atoms with Gasteiger partial charge in [-0.05, 0) is 98.1 Å². The molecule has 1 aliphatic carbocycles. The van der Waals surface area contributed by atoms with E-state index in [4.69, 9.17) is 14.5 Å². The van der Waals surface area contributed by atoms with E-state index in [1.807, 2.05) is 80.5 Å². The number of hydrogen-bond donors (Lipinski definition) is 5. The number of anilines is 1. The molecule has 1 aliphatic rings.